The van der Waals surface area contributed by atoms with Crippen LogP contribution in [0.4, 0.5) is 0 Å². The van der Waals surface area contributed by atoms with Gasteiger partial charge >= 0.3 is 0 Å². The van der Waals surface area contributed by atoms with Crippen molar-refractivity contribution >= 4 is 11.8 Å². The number of rotatable bonds is 4. The van der Waals surface area contributed by atoms with Gasteiger partial charge in [-0.2, -0.15) is 0 Å². The molecule has 2 rings (SSSR count). The highest BCUT2D eigenvalue weighted by atomic mass is 16.5. The van der Waals surface area contributed by atoms with E-state index in [1.54, 1.807) is 24.3 Å². The van der Waals surface area contributed by atoms with E-state index in [1.807, 2.05) is 19.1 Å². The van der Waals surface area contributed by atoms with Gasteiger partial charge in [-0.3, -0.25) is 20.4 Å². The summed E-state index contributed by atoms with van der Waals surface area (Å²) in [6.45, 7) is 2.04. The minimum atomic E-state index is -0.450. The van der Waals surface area contributed by atoms with Gasteiger partial charge in [0.25, 0.3) is 11.8 Å². The monoisotopic (exact) mass is 299 g/mol. The van der Waals surface area contributed by atoms with Gasteiger partial charge in [0.05, 0.1) is 12.7 Å². The van der Waals surface area contributed by atoms with E-state index in [1.165, 1.54) is 13.3 Å². The van der Waals surface area contributed by atoms with Crippen molar-refractivity contribution in [2.75, 3.05) is 7.11 Å². The topological polar surface area (TPSA) is 80.3 Å². The van der Waals surface area contributed by atoms with E-state index in [-0.39, 0.29) is 5.91 Å². The Bertz CT molecular complexity index is 592. The molecule has 0 radical (unpaired) electrons. The normalized spacial score (nSPS) is 9.91. The van der Waals surface area contributed by atoms with Gasteiger partial charge in [0.15, 0.2) is 0 Å². The number of carbonyl (C=O) groups excluding carboxylic acids is 2. The summed E-state index contributed by atoms with van der Waals surface area (Å²) in [4.78, 5) is 27.7. The highest BCUT2D eigenvalue weighted by molar-refractivity contribution is 5.98. The summed E-state index contributed by atoms with van der Waals surface area (Å²) in [6, 6.07) is 10.3. The number of amides is 2. The molecule has 0 aliphatic heterocycles. The van der Waals surface area contributed by atoms with E-state index in [9.17, 15) is 9.59 Å². The Labute approximate surface area is 128 Å². The smallest absolute Gasteiger partial charge is 0.271 e. The van der Waals surface area contributed by atoms with E-state index in [0.717, 1.165) is 12.0 Å². The van der Waals surface area contributed by atoms with Gasteiger partial charge in [-0.1, -0.05) is 19.1 Å². The third kappa shape index (κ3) is 3.82. The van der Waals surface area contributed by atoms with Crippen LogP contribution in [0.25, 0.3) is 0 Å². The molecule has 0 bridgehead atoms. The number of aryl methyl sites for hydroxylation is 1. The lowest BCUT2D eigenvalue weighted by Crippen LogP contribution is -2.41. The molecular weight excluding hydrogens is 282 g/mol. The van der Waals surface area contributed by atoms with E-state index in [4.69, 9.17) is 4.74 Å². The molecule has 114 valence electrons. The van der Waals surface area contributed by atoms with Gasteiger partial charge in [-0.25, -0.2) is 4.98 Å². The number of nitrogens with one attached hydrogen (secondary N) is 2. The van der Waals surface area contributed by atoms with Gasteiger partial charge in [0.2, 0.25) is 5.88 Å². The Morgan fingerprint density at radius 1 is 1.00 bits per heavy atom. The zero-order valence-electron chi connectivity index (χ0n) is 12.4. The van der Waals surface area contributed by atoms with Crippen LogP contribution in [0.1, 0.15) is 33.2 Å². The van der Waals surface area contributed by atoms with Crippen LogP contribution in [0.15, 0.2) is 42.6 Å². The second-order valence-corrected chi connectivity index (χ2v) is 4.55. The summed E-state index contributed by atoms with van der Waals surface area (Å²) in [5.41, 5.74) is 6.65. The standard InChI is InChI=1S/C16H17N3O3/c1-3-11-4-6-12(7-5-11)15(20)18-19-16(21)13-8-9-14(22-2)17-10-13/h4-10H,3H2,1-2H3,(H,18,20)(H,19,21). The lowest BCUT2D eigenvalue weighted by molar-refractivity contribution is 0.0846. The summed E-state index contributed by atoms with van der Waals surface area (Å²) in [5, 5.41) is 0. The highest BCUT2D eigenvalue weighted by Gasteiger charge is 2.09. The van der Waals surface area contributed by atoms with Gasteiger partial charge < -0.3 is 4.74 Å². The van der Waals surface area contributed by atoms with E-state index >= 15 is 0 Å². The van der Waals surface area contributed by atoms with E-state index < -0.39 is 5.91 Å². The predicted molar refractivity (Wildman–Crippen MR) is 81.5 cm³/mol. The van der Waals surface area contributed by atoms with E-state index in [0.29, 0.717) is 17.0 Å². The Morgan fingerprint density at radius 2 is 1.59 bits per heavy atom. The zero-order chi connectivity index (χ0) is 15.9. The van der Waals surface area contributed by atoms with Crippen molar-refractivity contribution < 1.29 is 14.3 Å². The van der Waals surface area contributed by atoms with Crippen LogP contribution in [-0.2, 0) is 6.42 Å². The summed E-state index contributed by atoms with van der Waals surface area (Å²) in [6.07, 6.45) is 2.28. The maximum absolute atomic E-state index is 11.9. The molecule has 6 heteroatoms. The Kier molecular flexibility index (Phi) is 5.08. The largest absolute Gasteiger partial charge is 0.481 e. The van der Waals surface area contributed by atoms with Crippen molar-refractivity contribution in [3.63, 3.8) is 0 Å². The molecule has 22 heavy (non-hydrogen) atoms. The van der Waals surface area contributed by atoms with Crippen molar-refractivity contribution in [2.24, 2.45) is 0 Å². The molecule has 1 heterocycles. The molecule has 0 atom stereocenters. The van der Waals surface area contributed by atoms with Gasteiger partial charge in [-0.05, 0) is 30.2 Å². The molecule has 0 spiro atoms. The minimum Gasteiger partial charge on any atom is -0.481 e. The number of hydrazine groups is 1. The second kappa shape index (κ2) is 7.21. The number of carbonyl (C=O) groups is 2. The zero-order valence-corrected chi connectivity index (χ0v) is 12.4. The maximum atomic E-state index is 11.9. The molecule has 6 nitrogen and oxygen atoms in total. The highest BCUT2D eigenvalue weighted by Crippen LogP contribution is 2.07. The minimum absolute atomic E-state index is 0.322. The first-order chi connectivity index (χ1) is 10.6. The van der Waals surface area contributed by atoms with Crippen LogP contribution in [0.5, 0.6) is 5.88 Å². The quantitative estimate of drug-likeness (QED) is 0.843. The molecule has 0 unspecified atom stereocenters. The van der Waals surface area contributed by atoms with Crippen molar-refractivity contribution in [3.05, 3.63) is 59.3 Å². The maximum Gasteiger partial charge on any atom is 0.271 e. The first-order valence-electron chi connectivity index (χ1n) is 6.83. The van der Waals surface area contributed by atoms with Crippen LogP contribution >= 0.6 is 0 Å². The Balaban J connectivity index is 1.92. The third-order valence-corrected chi connectivity index (χ3v) is 3.12. The van der Waals surface area contributed by atoms with Gasteiger partial charge in [-0.15, -0.1) is 0 Å². The van der Waals surface area contributed by atoms with Crippen LogP contribution in [0.2, 0.25) is 0 Å². The number of hydrogen-bond donors (Lipinski definition) is 2. The summed E-state index contributed by atoms with van der Waals surface area (Å²) >= 11 is 0. The Morgan fingerprint density at radius 3 is 2.09 bits per heavy atom. The molecule has 0 fully saturated rings. The van der Waals surface area contributed by atoms with Crippen LogP contribution < -0.4 is 15.6 Å². The number of ether oxygens (including phenoxy) is 1. The fourth-order valence-corrected chi connectivity index (χ4v) is 1.79. The van der Waals surface area contributed by atoms with Crippen molar-refractivity contribution in [1.82, 2.24) is 15.8 Å². The summed E-state index contributed by atoms with van der Waals surface area (Å²) < 4.78 is 4.91. The van der Waals surface area contributed by atoms with Crippen LogP contribution in [0, 0.1) is 0 Å². The number of hydrogen-bond acceptors (Lipinski definition) is 4. The van der Waals surface area contributed by atoms with Crippen molar-refractivity contribution in [1.29, 1.82) is 0 Å². The van der Waals surface area contributed by atoms with Gasteiger partial charge in [0, 0.05) is 17.8 Å². The van der Waals surface area contributed by atoms with E-state index in [2.05, 4.69) is 15.8 Å². The fourth-order valence-electron chi connectivity index (χ4n) is 1.79. The van der Waals surface area contributed by atoms with Crippen molar-refractivity contribution in [3.8, 4) is 5.88 Å². The lowest BCUT2D eigenvalue weighted by atomic mass is 10.1. The molecule has 0 saturated heterocycles. The number of pyridine rings is 1. The average molecular weight is 299 g/mol. The third-order valence-electron chi connectivity index (χ3n) is 3.12. The molecule has 2 N–H and O–H groups in total. The van der Waals surface area contributed by atoms with Gasteiger partial charge in [0.1, 0.15) is 0 Å². The molecule has 1 aromatic carbocycles. The number of aromatic nitrogens is 1. The molecule has 2 amide bonds. The first kappa shape index (κ1) is 15.5. The fraction of sp³-hybridized carbons (Fsp3) is 0.188. The summed E-state index contributed by atoms with van der Waals surface area (Å²) in [5.74, 6) is -0.414. The number of methoxy groups -OCH3 is 1. The molecule has 0 aliphatic rings. The summed E-state index contributed by atoms with van der Waals surface area (Å²) in [7, 11) is 1.49. The molecule has 2 aromatic rings. The first-order valence-corrected chi connectivity index (χ1v) is 6.83. The van der Waals surface area contributed by atoms with Crippen molar-refractivity contribution in [2.45, 2.75) is 13.3 Å². The lowest BCUT2D eigenvalue weighted by Gasteiger charge is -2.08. The van der Waals surface area contributed by atoms with Crippen LogP contribution in [0.3, 0.4) is 0 Å². The average Bonchev–Trinajstić information content (AvgIpc) is 2.59. The Hall–Kier alpha value is -2.89. The molecular formula is C16H17N3O3. The predicted octanol–water partition coefficient (Wildman–Crippen LogP) is 1.73. The second-order valence-electron chi connectivity index (χ2n) is 4.55. The SMILES string of the molecule is CCc1ccc(C(=O)NNC(=O)c2ccc(OC)nc2)cc1. The number of benzene rings is 1. The molecule has 1 aromatic heterocycles. The molecule has 0 saturated carbocycles. The van der Waals surface area contributed by atoms with Crippen LogP contribution in [-0.4, -0.2) is 23.9 Å². The molecule has 0 aliphatic carbocycles. The number of nitrogens with zero attached hydrogens (tertiary/aromatic N) is 1.